The fraction of sp³-hybridized carbons (Fsp3) is 0.235. The van der Waals surface area contributed by atoms with Crippen LogP contribution in [-0.4, -0.2) is 54.6 Å². The number of carbonyl (C=O) groups is 1. The molecule has 10 heteroatoms. The van der Waals surface area contributed by atoms with Crippen molar-refractivity contribution in [1.82, 2.24) is 9.21 Å². The van der Waals surface area contributed by atoms with Gasteiger partial charge in [-0.15, -0.1) is 0 Å². The maximum atomic E-state index is 13.8. The van der Waals surface area contributed by atoms with E-state index in [1.165, 1.54) is 41.3 Å². The molecule has 0 bridgehead atoms. The number of para-hydroxylation sites is 1. The minimum atomic E-state index is -4.08. The lowest BCUT2D eigenvalue weighted by molar-refractivity contribution is -0.387. The zero-order valence-corrected chi connectivity index (χ0v) is 14.9. The van der Waals surface area contributed by atoms with Gasteiger partial charge in [0.05, 0.1) is 10.5 Å². The molecule has 2 aromatic carbocycles. The molecule has 0 saturated carbocycles. The Labute approximate surface area is 155 Å². The van der Waals surface area contributed by atoms with E-state index in [0.717, 1.165) is 10.4 Å². The summed E-state index contributed by atoms with van der Waals surface area (Å²) in [5.41, 5.74) is -0.574. The molecule has 0 unspecified atom stereocenters. The van der Waals surface area contributed by atoms with Crippen LogP contribution in [0.25, 0.3) is 0 Å². The lowest BCUT2D eigenvalue weighted by Crippen LogP contribution is -2.50. The molecule has 1 aliphatic heterocycles. The third-order valence-corrected chi connectivity index (χ3v) is 6.26. The van der Waals surface area contributed by atoms with Gasteiger partial charge >= 0.3 is 0 Å². The van der Waals surface area contributed by atoms with Crippen LogP contribution < -0.4 is 0 Å². The molecule has 0 aromatic heterocycles. The first-order valence-corrected chi connectivity index (χ1v) is 9.54. The molecular weight excluding hydrogens is 377 g/mol. The Morgan fingerprint density at radius 3 is 2.22 bits per heavy atom. The average Bonchev–Trinajstić information content (AvgIpc) is 2.68. The molecule has 0 spiro atoms. The van der Waals surface area contributed by atoms with Gasteiger partial charge in [-0.1, -0.05) is 24.3 Å². The number of nitro groups is 1. The zero-order valence-electron chi connectivity index (χ0n) is 14.1. The van der Waals surface area contributed by atoms with Gasteiger partial charge in [0.15, 0.2) is 4.90 Å². The molecule has 0 aliphatic carbocycles. The van der Waals surface area contributed by atoms with Crippen molar-refractivity contribution < 1.29 is 22.5 Å². The standard InChI is InChI=1S/C17H16FN3O5S/c18-14-6-2-1-5-13(14)17(22)19-9-11-20(12-10-19)27(25,26)16-8-4-3-7-15(16)21(23)24/h1-8H,9-12H2. The van der Waals surface area contributed by atoms with E-state index in [1.807, 2.05) is 0 Å². The highest BCUT2D eigenvalue weighted by Gasteiger charge is 2.34. The quantitative estimate of drug-likeness (QED) is 0.583. The maximum absolute atomic E-state index is 13.8. The topological polar surface area (TPSA) is 101 Å². The Bertz CT molecular complexity index is 988. The highest BCUT2D eigenvalue weighted by atomic mass is 32.2. The van der Waals surface area contributed by atoms with Crippen LogP contribution in [0.3, 0.4) is 0 Å². The van der Waals surface area contributed by atoms with Crippen molar-refractivity contribution in [1.29, 1.82) is 0 Å². The maximum Gasteiger partial charge on any atom is 0.289 e. The van der Waals surface area contributed by atoms with Gasteiger partial charge in [-0.2, -0.15) is 4.31 Å². The summed E-state index contributed by atoms with van der Waals surface area (Å²) in [7, 11) is -4.08. The summed E-state index contributed by atoms with van der Waals surface area (Å²) in [5.74, 6) is -1.16. The lowest BCUT2D eigenvalue weighted by atomic mass is 10.1. The fourth-order valence-corrected chi connectivity index (χ4v) is 4.48. The van der Waals surface area contributed by atoms with Crippen molar-refractivity contribution in [3.63, 3.8) is 0 Å². The Morgan fingerprint density at radius 1 is 1.00 bits per heavy atom. The van der Waals surface area contributed by atoms with E-state index in [4.69, 9.17) is 0 Å². The molecule has 0 N–H and O–H groups in total. The van der Waals surface area contributed by atoms with Crippen LogP contribution in [-0.2, 0) is 10.0 Å². The lowest BCUT2D eigenvalue weighted by Gasteiger charge is -2.34. The summed E-state index contributed by atoms with van der Waals surface area (Å²) in [6, 6.07) is 10.7. The second kappa shape index (κ2) is 7.41. The number of nitro benzene ring substituents is 1. The summed E-state index contributed by atoms with van der Waals surface area (Å²) in [6.07, 6.45) is 0. The van der Waals surface area contributed by atoms with Crippen LogP contribution in [0.5, 0.6) is 0 Å². The van der Waals surface area contributed by atoms with Gasteiger partial charge in [0.2, 0.25) is 10.0 Å². The third kappa shape index (κ3) is 3.67. The molecule has 1 aliphatic rings. The first kappa shape index (κ1) is 18.9. The number of benzene rings is 2. The van der Waals surface area contributed by atoms with E-state index >= 15 is 0 Å². The molecule has 0 radical (unpaired) electrons. The number of sulfonamides is 1. The van der Waals surface area contributed by atoms with E-state index in [2.05, 4.69) is 0 Å². The summed E-state index contributed by atoms with van der Waals surface area (Å²) in [5, 5.41) is 11.1. The first-order valence-electron chi connectivity index (χ1n) is 8.10. The van der Waals surface area contributed by atoms with Crippen LogP contribution in [0.4, 0.5) is 10.1 Å². The van der Waals surface area contributed by atoms with E-state index in [9.17, 15) is 27.7 Å². The predicted molar refractivity (Wildman–Crippen MR) is 94.2 cm³/mol. The van der Waals surface area contributed by atoms with Gasteiger partial charge in [-0.05, 0) is 18.2 Å². The number of piperazine rings is 1. The number of carbonyl (C=O) groups excluding carboxylic acids is 1. The van der Waals surface area contributed by atoms with Gasteiger partial charge in [-0.25, -0.2) is 12.8 Å². The molecule has 1 amide bonds. The van der Waals surface area contributed by atoms with E-state index in [-0.39, 0.29) is 36.6 Å². The third-order valence-electron chi connectivity index (χ3n) is 4.31. The second-order valence-electron chi connectivity index (χ2n) is 5.90. The van der Waals surface area contributed by atoms with Crippen molar-refractivity contribution >= 4 is 21.6 Å². The summed E-state index contributed by atoms with van der Waals surface area (Å²) in [6.45, 7) is 0.0587. The minimum absolute atomic E-state index is 0.0332. The largest absolute Gasteiger partial charge is 0.336 e. The van der Waals surface area contributed by atoms with Crippen LogP contribution in [0.2, 0.25) is 0 Å². The van der Waals surface area contributed by atoms with Crippen molar-refractivity contribution in [2.24, 2.45) is 0 Å². The molecule has 8 nitrogen and oxygen atoms in total. The SMILES string of the molecule is O=C(c1ccccc1F)N1CCN(S(=O)(=O)c2ccccc2[N+](=O)[O-])CC1. The smallest absolute Gasteiger partial charge is 0.289 e. The van der Waals surface area contributed by atoms with Crippen LogP contribution in [0, 0.1) is 15.9 Å². The number of amides is 1. The molecule has 1 saturated heterocycles. The predicted octanol–water partition coefficient (Wildman–Crippen LogP) is 1.88. The van der Waals surface area contributed by atoms with Crippen LogP contribution in [0.1, 0.15) is 10.4 Å². The summed E-state index contributed by atoms with van der Waals surface area (Å²) >= 11 is 0. The van der Waals surface area contributed by atoms with Gasteiger partial charge in [0, 0.05) is 32.2 Å². The summed E-state index contributed by atoms with van der Waals surface area (Å²) < 4.78 is 40.4. The molecule has 1 fully saturated rings. The minimum Gasteiger partial charge on any atom is -0.336 e. The number of hydrogen-bond donors (Lipinski definition) is 0. The first-order chi connectivity index (χ1) is 12.8. The number of rotatable bonds is 4. The molecule has 0 atom stereocenters. The Balaban J connectivity index is 1.77. The Kier molecular flexibility index (Phi) is 5.19. The molecule has 2 aromatic rings. The van der Waals surface area contributed by atoms with Gasteiger partial charge in [0.25, 0.3) is 11.6 Å². The second-order valence-corrected chi connectivity index (χ2v) is 7.81. The summed E-state index contributed by atoms with van der Waals surface area (Å²) in [4.78, 5) is 23.8. The van der Waals surface area contributed by atoms with Crippen molar-refractivity contribution in [2.45, 2.75) is 4.90 Å². The molecule has 142 valence electrons. The zero-order chi connectivity index (χ0) is 19.6. The van der Waals surface area contributed by atoms with Crippen molar-refractivity contribution in [2.75, 3.05) is 26.2 Å². The average molecular weight is 393 g/mol. The van der Waals surface area contributed by atoms with E-state index in [1.54, 1.807) is 6.07 Å². The van der Waals surface area contributed by atoms with Crippen LogP contribution in [0.15, 0.2) is 53.4 Å². The van der Waals surface area contributed by atoms with Gasteiger partial charge in [-0.3, -0.25) is 14.9 Å². The molecular formula is C17H16FN3O5S. The Morgan fingerprint density at radius 2 is 1.59 bits per heavy atom. The molecule has 1 heterocycles. The molecule has 27 heavy (non-hydrogen) atoms. The number of hydrogen-bond acceptors (Lipinski definition) is 5. The van der Waals surface area contributed by atoms with Crippen LogP contribution >= 0.6 is 0 Å². The highest BCUT2D eigenvalue weighted by Crippen LogP contribution is 2.27. The highest BCUT2D eigenvalue weighted by molar-refractivity contribution is 7.89. The number of halogens is 1. The normalized spacial score (nSPS) is 15.5. The van der Waals surface area contributed by atoms with Gasteiger partial charge in [0.1, 0.15) is 5.82 Å². The van der Waals surface area contributed by atoms with Crippen molar-refractivity contribution in [3.8, 4) is 0 Å². The van der Waals surface area contributed by atoms with E-state index < -0.39 is 32.4 Å². The van der Waals surface area contributed by atoms with E-state index in [0.29, 0.717) is 0 Å². The molecule has 3 rings (SSSR count). The fourth-order valence-electron chi connectivity index (χ4n) is 2.90. The number of nitrogens with zero attached hydrogens (tertiary/aromatic N) is 3. The van der Waals surface area contributed by atoms with Gasteiger partial charge < -0.3 is 4.90 Å². The van der Waals surface area contributed by atoms with Crippen molar-refractivity contribution in [3.05, 3.63) is 70.0 Å². The monoisotopic (exact) mass is 393 g/mol. The Hall–Kier alpha value is -2.85.